The van der Waals surface area contributed by atoms with E-state index in [9.17, 15) is 8.42 Å². The van der Waals surface area contributed by atoms with E-state index in [2.05, 4.69) is 0 Å². The van der Waals surface area contributed by atoms with E-state index in [1.807, 2.05) is 12.1 Å². The second-order valence-electron chi connectivity index (χ2n) is 3.65. The molecule has 0 saturated carbocycles. The molecule has 96 valence electrons. The minimum absolute atomic E-state index is 0.0291. The summed E-state index contributed by atoms with van der Waals surface area (Å²) in [7, 11) is -0.310. The molecule has 0 radical (unpaired) electrons. The number of nitrogens with two attached hydrogens (primary N) is 1. The Labute approximate surface area is 102 Å². The first kappa shape index (κ1) is 14.0. The maximum Gasteiger partial charge on any atom is 0.237 e. The summed E-state index contributed by atoms with van der Waals surface area (Å²) in [5.41, 5.74) is 7.07. The zero-order chi connectivity index (χ0) is 12.9. The number of anilines is 1. The molecule has 0 atom stereocenters. The average Bonchev–Trinajstić information content (AvgIpc) is 2.35. The number of methoxy groups -OCH3 is 1. The maximum absolute atomic E-state index is 11.9. The zero-order valence-corrected chi connectivity index (χ0v) is 10.9. The van der Waals surface area contributed by atoms with Crippen molar-refractivity contribution in [1.82, 2.24) is 0 Å². The Morgan fingerprint density at radius 2 is 1.88 bits per heavy atom. The minimum atomic E-state index is -3.32. The lowest BCUT2D eigenvalue weighted by Gasteiger charge is -2.19. The average molecular weight is 258 g/mol. The summed E-state index contributed by atoms with van der Waals surface area (Å²) < 4.78 is 29.8. The van der Waals surface area contributed by atoms with E-state index < -0.39 is 10.0 Å². The number of rotatable bonds is 6. The highest BCUT2D eigenvalue weighted by atomic mass is 32.2. The van der Waals surface area contributed by atoms with E-state index in [0.717, 1.165) is 5.56 Å². The molecule has 17 heavy (non-hydrogen) atoms. The molecule has 0 amide bonds. The fourth-order valence-electron chi connectivity index (χ4n) is 1.33. The standard InChI is InChI=1S/C11H18N2O3S/c1-13(17(14,15)8-7-16-2)11-5-3-10(9-12)4-6-11/h3-6H,7-9,12H2,1-2H3. The van der Waals surface area contributed by atoms with Crippen LogP contribution in [0.2, 0.25) is 0 Å². The molecule has 5 nitrogen and oxygen atoms in total. The number of benzene rings is 1. The highest BCUT2D eigenvalue weighted by molar-refractivity contribution is 7.92. The normalized spacial score (nSPS) is 11.5. The van der Waals surface area contributed by atoms with Crippen LogP contribution in [0.4, 0.5) is 5.69 Å². The van der Waals surface area contributed by atoms with Gasteiger partial charge in [0.25, 0.3) is 0 Å². The van der Waals surface area contributed by atoms with Gasteiger partial charge >= 0.3 is 0 Å². The second-order valence-corrected chi connectivity index (χ2v) is 5.77. The van der Waals surface area contributed by atoms with Crippen molar-refractivity contribution < 1.29 is 13.2 Å². The molecule has 1 rings (SSSR count). The highest BCUT2D eigenvalue weighted by Crippen LogP contribution is 2.17. The Hall–Kier alpha value is -1.11. The molecule has 1 aromatic carbocycles. The maximum atomic E-state index is 11.9. The Bertz CT molecular complexity index is 442. The summed E-state index contributed by atoms with van der Waals surface area (Å²) in [6.07, 6.45) is 0. The van der Waals surface area contributed by atoms with Gasteiger partial charge in [-0.05, 0) is 17.7 Å². The summed E-state index contributed by atoms with van der Waals surface area (Å²) >= 11 is 0. The third-order valence-electron chi connectivity index (χ3n) is 2.50. The van der Waals surface area contributed by atoms with Gasteiger partial charge in [0.15, 0.2) is 0 Å². The van der Waals surface area contributed by atoms with Crippen molar-refractivity contribution in [3.05, 3.63) is 29.8 Å². The van der Waals surface area contributed by atoms with E-state index in [-0.39, 0.29) is 12.4 Å². The number of ether oxygens (including phenoxy) is 1. The van der Waals surface area contributed by atoms with E-state index in [4.69, 9.17) is 10.5 Å². The Morgan fingerprint density at radius 1 is 1.29 bits per heavy atom. The zero-order valence-electron chi connectivity index (χ0n) is 10.1. The molecule has 0 spiro atoms. The summed E-state index contributed by atoms with van der Waals surface area (Å²) in [4.78, 5) is 0. The number of hydrogen-bond acceptors (Lipinski definition) is 4. The molecule has 0 fully saturated rings. The molecule has 0 bridgehead atoms. The van der Waals surface area contributed by atoms with Gasteiger partial charge in [0.2, 0.25) is 10.0 Å². The lowest BCUT2D eigenvalue weighted by Crippen LogP contribution is -2.30. The van der Waals surface area contributed by atoms with E-state index in [0.29, 0.717) is 12.2 Å². The van der Waals surface area contributed by atoms with Gasteiger partial charge in [-0.25, -0.2) is 8.42 Å². The first-order chi connectivity index (χ1) is 8.01. The van der Waals surface area contributed by atoms with Crippen LogP contribution in [0.5, 0.6) is 0 Å². The molecule has 0 aliphatic heterocycles. The van der Waals surface area contributed by atoms with Gasteiger partial charge in [0, 0.05) is 20.7 Å². The number of sulfonamides is 1. The summed E-state index contributed by atoms with van der Waals surface area (Å²) in [5.74, 6) is -0.0291. The molecule has 0 aliphatic carbocycles. The fourth-order valence-corrected chi connectivity index (χ4v) is 2.42. The van der Waals surface area contributed by atoms with Gasteiger partial charge in [0.05, 0.1) is 18.0 Å². The molecule has 0 aromatic heterocycles. The lowest BCUT2D eigenvalue weighted by atomic mass is 10.2. The molecule has 1 aromatic rings. The van der Waals surface area contributed by atoms with Crippen LogP contribution in [0, 0.1) is 0 Å². The van der Waals surface area contributed by atoms with Crippen LogP contribution in [-0.2, 0) is 21.3 Å². The predicted molar refractivity (Wildman–Crippen MR) is 68.4 cm³/mol. The number of hydrogen-bond donors (Lipinski definition) is 1. The second kappa shape index (κ2) is 6.00. The van der Waals surface area contributed by atoms with Gasteiger partial charge in [-0.15, -0.1) is 0 Å². The minimum Gasteiger partial charge on any atom is -0.384 e. The van der Waals surface area contributed by atoms with Gasteiger partial charge in [0.1, 0.15) is 0 Å². The van der Waals surface area contributed by atoms with Crippen molar-refractivity contribution in [2.24, 2.45) is 5.73 Å². The number of nitrogens with zero attached hydrogens (tertiary/aromatic N) is 1. The first-order valence-electron chi connectivity index (χ1n) is 5.26. The Balaban J connectivity index is 2.84. The van der Waals surface area contributed by atoms with Crippen LogP contribution in [0.25, 0.3) is 0 Å². The molecule has 0 heterocycles. The van der Waals surface area contributed by atoms with Crippen molar-refractivity contribution in [1.29, 1.82) is 0 Å². The van der Waals surface area contributed by atoms with Crippen LogP contribution in [0.15, 0.2) is 24.3 Å². The Morgan fingerprint density at radius 3 is 2.35 bits per heavy atom. The van der Waals surface area contributed by atoms with Crippen molar-refractivity contribution in [3.63, 3.8) is 0 Å². The first-order valence-corrected chi connectivity index (χ1v) is 6.86. The van der Waals surface area contributed by atoms with E-state index >= 15 is 0 Å². The fraction of sp³-hybridized carbons (Fsp3) is 0.455. The van der Waals surface area contributed by atoms with Crippen LogP contribution in [0.1, 0.15) is 5.56 Å². The predicted octanol–water partition coefficient (Wildman–Crippen LogP) is 0.558. The van der Waals surface area contributed by atoms with Gasteiger partial charge in [-0.3, -0.25) is 4.31 Å². The van der Waals surface area contributed by atoms with Crippen LogP contribution in [0.3, 0.4) is 0 Å². The van der Waals surface area contributed by atoms with Gasteiger partial charge < -0.3 is 10.5 Å². The van der Waals surface area contributed by atoms with Crippen molar-refractivity contribution in [2.75, 3.05) is 30.8 Å². The van der Waals surface area contributed by atoms with Crippen molar-refractivity contribution >= 4 is 15.7 Å². The quantitative estimate of drug-likeness (QED) is 0.809. The van der Waals surface area contributed by atoms with Crippen LogP contribution >= 0.6 is 0 Å². The summed E-state index contributed by atoms with van der Waals surface area (Å²) in [6.45, 7) is 0.633. The SMILES string of the molecule is COCCS(=O)(=O)N(C)c1ccc(CN)cc1. The summed E-state index contributed by atoms with van der Waals surface area (Å²) in [5, 5.41) is 0. The van der Waals surface area contributed by atoms with Crippen molar-refractivity contribution in [2.45, 2.75) is 6.54 Å². The molecule has 0 saturated heterocycles. The Kier molecular flexibility index (Phi) is 4.92. The molecule has 2 N–H and O–H groups in total. The molecular formula is C11H18N2O3S. The summed E-state index contributed by atoms with van der Waals surface area (Å²) in [6, 6.07) is 7.12. The monoisotopic (exact) mass is 258 g/mol. The third kappa shape index (κ3) is 3.69. The van der Waals surface area contributed by atoms with Crippen LogP contribution < -0.4 is 10.0 Å². The van der Waals surface area contributed by atoms with Gasteiger partial charge in [-0.1, -0.05) is 12.1 Å². The lowest BCUT2D eigenvalue weighted by molar-refractivity contribution is 0.217. The van der Waals surface area contributed by atoms with Gasteiger partial charge in [-0.2, -0.15) is 0 Å². The van der Waals surface area contributed by atoms with Crippen molar-refractivity contribution in [3.8, 4) is 0 Å². The van der Waals surface area contributed by atoms with E-state index in [1.54, 1.807) is 12.1 Å². The molecular weight excluding hydrogens is 240 g/mol. The smallest absolute Gasteiger partial charge is 0.237 e. The van der Waals surface area contributed by atoms with Crippen LogP contribution in [-0.4, -0.2) is 34.9 Å². The largest absolute Gasteiger partial charge is 0.384 e. The molecule has 0 aliphatic rings. The van der Waals surface area contributed by atoms with E-state index in [1.165, 1.54) is 18.5 Å². The topological polar surface area (TPSA) is 72.6 Å². The molecule has 6 heteroatoms. The highest BCUT2D eigenvalue weighted by Gasteiger charge is 2.17. The third-order valence-corrected chi connectivity index (χ3v) is 4.23. The molecule has 0 unspecified atom stereocenters.